The first-order valence-corrected chi connectivity index (χ1v) is 9.94. The number of sulfonamides is 1. The Morgan fingerprint density at radius 1 is 1.19 bits per heavy atom. The minimum Gasteiger partial charge on any atom is -0.349 e. The summed E-state index contributed by atoms with van der Waals surface area (Å²) in [6.07, 6.45) is 1.72. The fourth-order valence-corrected chi connectivity index (χ4v) is 3.44. The summed E-state index contributed by atoms with van der Waals surface area (Å²) in [6.45, 7) is 3.42. The van der Waals surface area contributed by atoms with E-state index in [9.17, 15) is 8.42 Å². The molecule has 0 aliphatic carbocycles. The number of benzene rings is 1. The van der Waals surface area contributed by atoms with Crippen LogP contribution >= 0.6 is 11.8 Å². The standard InChI is InChI=1S/C16H15N5O3S2/c1-10-11(2)20-24-15(10)21-26(22,23)14-6-4-13(5-7-14)19-16(25-3)12(8-17)9-18/h4-7,19,21H,1-3H3. The molecule has 0 unspecified atom stereocenters. The molecule has 0 aliphatic rings. The molecule has 1 aromatic carbocycles. The zero-order chi connectivity index (χ0) is 19.3. The molecule has 2 N–H and O–H groups in total. The molecule has 0 saturated carbocycles. The SMILES string of the molecule is CSC(Nc1ccc(S(=O)(=O)Nc2onc(C)c2C)cc1)=C(C#N)C#N. The molecule has 0 bridgehead atoms. The van der Waals surface area contributed by atoms with Crippen LogP contribution in [0, 0.1) is 36.5 Å². The van der Waals surface area contributed by atoms with Gasteiger partial charge in [-0.15, -0.1) is 11.8 Å². The Morgan fingerprint density at radius 2 is 1.81 bits per heavy atom. The highest BCUT2D eigenvalue weighted by atomic mass is 32.2. The number of rotatable bonds is 6. The molecular weight excluding hydrogens is 374 g/mol. The van der Waals surface area contributed by atoms with E-state index < -0.39 is 10.0 Å². The van der Waals surface area contributed by atoms with Crippen LogP contribution in [0.2, 0.25) is 0 Å². The Balaban J connectivity index is 2.24. The predicted octanol–water partition coefficient (Wildman–Crippen LogP) is 3.13. The number of thioether (sulfide) groups is 1. The average Bonchev–Trinajstić information content (AvgIpc) is 2.93. The highest BCUT2D eigenvalue weighted by molar-refractivity contribution is 8.02. The first kappa shape index (κ1) is 19.4. The molecule has 1 aromatic heterocycles. The number of nitrogens with zero attached hydrogens (tertiary/aromatic N) is 3. The summed E-state index contributed by atoms with van der Waals surface area (Å²) in [5.41, 5.74) is 1.71. The number of allylic oxidation sites excluding steroid dienone is 1. The van der Waals surface area contributed by atoms with Crippen molar-refractivity contribution in [3.63, 3.8) is 0 Å². The maximum atomic E-state index is 12.4. The fourth-order valence-electron chi connectivity index (χ4n) is 1.88. The van der Waals surface area contributed by atoms with Crippen molar-refractivity contribution < 1.29 is 12.9 Å². The van der Waals surface area contributed by atoms with Crippen molar-refractivity contribution in [2.45, 2.75) is 18.7 Å². The largest absolute Gasteiger partial charge is 0.349 e. The van der Waals surface area contributed by atoms with Gasteiger partial charge in [-0.05, 0) is 44.4 Å². The molecule has 0 spiro atoms. The van der Waals surface area contributed by atoms with Gasteiger partial charge >= 0.3 is 0 Å². The summed E-state index contributed by atoms with van der Waals surface area (Å²) in [7, 11) is -3.83. The van der Waals surface area contributed by atoms with Crippen LogP contribution in [0.15, 0.2) is 44.3 Å². The van der Waals surface area contributed by atoms with E-state index in [4.69, 9.17) is 15.0 Å². The predicted molar refractivity (Wildman–Crippen MR) is 98.6 cm³/mol. The number of nitrogens with one attached hydrogen (secondary N) is 2. The third-order valence-electron chi connectivity index (χ3n) is 3.46. The van der Waals surface area contributed by atoms with Gasteiger partial charge < -0.3 is 9.84 Å². The van der Waals surface area contributed by atoms with Crippen LogP contribution < -0.4 is 10.0 Å². The van der Waals surface area contributed by atoms with E-state index in [1.54, 1.807) is 32.2 Å². The van der Waals surface area contributed by atoms with Crippen molar-refractivity contribution in [3.05, 3.63) is 46.1 Å². The lowest BCUT2D eigenvalue weighted by Gasteiger charge is -2.10. The molecule has 0 aliphatic heterocycles. The van der Waals surface area contributed by atoms with Gasteiger partial charge in [0.15, 0.2) is 5.57 Å². The number of aromatic nitrogens is 1. The van der Waals surface area contributed by atoms with Crippen molar-refractivity contribution >= 4 is 33.4 Å². The van der Waals surface area contributed by atoms with E-state index in [1.165, 1.54) is 36.0 Å². The zero-order valence-corrected chi connectivity index (χ0v) is 15.8. The molecule has 10 heteroatoms. The summed E-state index contributed by atoms with van der Waals surface area (Å²) in [5.74, 6) is 0.0741. The van der Waals surface area contributed by atoms with Crippen molar-refractivity contribution in [2.75, 3.05) is 16.3 Å². The molecular formula is C16H15N5O3S2. The molecule has 8 nitrogen and oxygen atoms in total. The number of nitriles is 2. The van der Waals surface area contributed by atoms with E-state index in [0.29, 0.717) is 22.0 Å². The molecule has 134 valence electrons. The lowest BCUT2D eigenvalue weighted by Crippen LogP contribution is -2.13. The summed E-state index contributed by atoms with van der Waals surface area (Å²) >= 11 is 1.21. The Hall–Kier alpha value is -2.95. The molecule has 0 atom stereocenters. The summed E-state index contributed by atoms with van der Waals surface area (Å²) in [4.78, 5) is 0.0342. The second-order valence-corrected chi connectivity index (χ2v) is 7.61. The monoisotopic (exact) mass is 389 g/mol. The van der Waals surface area contributed by atoms with Gasteiger partial charge in [-0.3, -0.25) is 0 Å². The second-order valence-electron chi connectivity index (χ2n) is 5.11. The van der Waals surface area contributed by atoms with Crippen LogP contribution in [0.5, 0.6) is 0 Å². The Kier molecular flexibility index (Phi) is 5.93. The Morgan fingerprint density at radius 3 is 2.27 bits per heavy atom. The zero-order valence-electron chi connectivity index (χ0n) is 14.2. The smallest absolute Gasteiger partial charge is 0.264 e. The molecule has 2 rings (SSSR count). The molecule has 0 amide bonds. The van der Waals surface area contributed by atoms with Crippen LogP contribution in [0.1, 0.15) is 11.3 Å². The van der Waals surface area contributed by atoms with Crippen LogP contribution in [-0.4, -0.2) is 19.8 Å². The van der Waals surface area contributed by atoms with E-state index >= 15 is 0 Å². The summed E-state index contributed by atoms with van der Waals surface area (Å²) in [6, 6.07) is 9.49. The molecule has 0 saturated heterocycles. The lowest BCUT2D eigenvalue weighted by atomic mass is 10.3. The van der Waals surface area contributed by atoms with E-state index in [2.05, 4.69) is 15.2 Å². The average molecular weight is 389 g/mol. The van der Waals surface area contributed by atoms with Crippen LogP contribution in [0.3, 0.4) is 0 Å². The minimum absolute atomic E-state index is 0.0342. The minimum atomic E-state index is -3.83. The maximum absolute atomic E-state index is 12.4. The van der Waals surface area contributed by atoms with Crippen LogP contribution in [-0.2, 0) is 10.0 Å². The molecule has 0 fully saturated rings. The molecule has 1 heterocycles. The third-order valence-corrected chi connectivity index (χ3v) is 5.52. The van der Waals surface area contributed by atoms with Crippen molar-refractivity contribution in [1.82, 2.24) is 5.16 Å². The highest BCUT2D eigenvalue weighted by Crippen LogP contribution is 2.24. The van der Waals surface area contributed by atoms with Gasteiger partial charge in [-0.2, -0.15) is 10.5 Å². The fraction of sp³-hybridized carbons (Fsp3) is 0.188. The topological polar surface area (TPSA) is 132 Å². The van der Waals surface area contributed by atoms with Crippen LogP contribution in [0.25, 0.3) is 0 Å². The van der Waals surface area contributed by atoms with Crippen molar-refractivity contribution in [2.24, 2.45) is 0 Å². The summed E-state index contributed by atoms with van der Waals surface area (Å²) in [5, 5.41) is 24.9. The van der Waals surface area contributed by atoms with Gasteiger partial charge in [-0.1, -0.05) is 5.16 Å². The summed E-state index contributed by atoms with van der Waals surface area (Å²) < 4.78 is 32.2. The second kappa shape index (κ2) is 7.95. The number of aryl methyl sites for hydroxylation is 1. The Labute approximate surface area is 155 Å². The number of hydrogen-bond donors (Lipinski definition) is 2. The lowest BCUT2D eigenvalue weighted by molar-refractivity contribution is 0.430. The van der Waals surface area contributed by atoms with Gasteiger partial charge in [0.05, 0.1) is 10.6 Å². The molecule has 2 aromatic rings. The molecule has 26 heavy (non-hydrogen) atoms. The van der Waals surface area contributed by atoms with Crippen molar-refractivity contribution in [3.8, 4) is 12.1 Å². The van der Waals surface area contributed by atoms with Gasteiger partial charge in [-0.25, -0.2) is 13.1 Å². The first-order valence-electron chi connectivity index (χ1n) is 7.23. The van der Waals surface area contributed by atoms with E-state index in [1.807, 2.05) is 0 Å². The van der Waals surface area contributed by atoms with Gasteiger partial charge in [0.25, 0.3) is 10.0 Å². The van der Waals surface area contributed by atoms with E-state index in [0.717, 1.165) is 0 Å². The molecule has 0 radical (unpaired) electrons. The Bertz CT molecular complexity index is 1010. The van der Waals surface area contributed by atoms with Gasteiger partial charge in [0, 0.05) is 11.3 Å². The maximum Gasteiger partial charge on any atom is 0.264 e. The van der Waals surface area contributed by atoms with E-state index in [-0.39, 0.29) is 16.4 Å². The van der Waals surface area contributed by atoms with Gasteiger partial charge in [0.2, 0.25) is 5.88 Å². The van der Waals surface area contributed by atoms with Gasteiger partial charge in [0.1, 0.15) is 17.2 Å². The highest BCUT2D eigenvalue weighted by Gasteiger charge is 2.19. The third kappa shape index (κ3) is 4.17. The normalized spacial score (nSPS) is 10.5. The van der Waals surface area contributed by atoms with Crippen molar-refractivity contribution in [1.29, 1.82) is 10.5 Å². The number of hydrogen-bond acceptors (Lipinski definition) is 8. The quantitative estimate of drug-likeness (QED) is 0.720. The number of anilines is 2. The first-order chi connectivity index (χ1) is 12.3. The van der Waals surface area contributed by atoms with Crippen LogP contribution in [0.4, 0.5) is 11.6 Å².